The lowest BCUT2D eigenvalue weighted by molar-refractivity contribution is 0.242. The highest BCUT2D eigenvalue weighted by molar-refractivity contribution is 5.76. The monoisotopic (exact) mass is 218 g/mol. The third-order valence-corrected chi connectivity index (χ3v) is 2.34. The molecule has 0 saturated carbocycles. The SMILES string of the molecule is CNC(=O)NCc1ccc2nc(C)[nH]c2c1. The summed E-state index contributed by atoms with van der Waals surface area (Å²) in [7, 11) is 1.59. The number of nitrogens with zero attached hydrogens (tertiary/aromatic N) is 1. The Hall–Kier alpha value is -2.04. The average molecular weight is 218 g/mol. The third kappa shape index (κ3) is 2.13. The summed E-state index contributed by atoms with van der Waals surface area (Å²) in [6.45, 7) is 2.43. The van der Waals surface area contributed by atoms with Gasteiger partial charge >= 0.3 is 6.03 Å². The molecular weight excluding hydrogens is 204 g/mol. The molecule has 0 atom stereocenters. The number of urea groups is 1. The maximum atomic E-state index is 11.0. The average Bonchev–Trinajstić information content (AvgIpc) is 2.65. The number of aryl methyl sites for hydroxylation is 1. The Bertz CT molecular complexity index is 518. The fourth-order valence-corrected chi connectivity index (χ4v) is 1.57. The summed E-state index contributed by atoms with van der Waals surface area (Å²) in [5.74, 6) is 0.895. The summed E-state index contributed by atoms with van der Waals surface area (Å²) in [6.07, 6.45) is 0. The van der Waals surface area contributed by atoms with E-state index in [0.717, 1.165) is 22.4 Å². The molecule has 2 rings (SSSR count). The maximum Gasteiger partial charge on any atom is 0.314 e. The summed E-state index contributed by atoms with van der Waals surface area (Å²) in [6, 6.07) is 5.71. The Kier molecular flexibility index (Phi) is 2.76. The molecule has 3 N–H and O–H groups in total. The van der Waals surface area contributed by atoms with Crippen molar-refractivity contribution in [1.29, 1.82) is 0 Å². The van der Waals surface area contributed by atoms with Crippen molar-refractivity contribution in [3.63, 3.8) is 0 Å². The number of carbonyl (C=O) groups excluding carboxylic acids is 1. The van der Waals surface area contributed by atoms with Crippen molar-refractivity contribution >= 4 is 17.1 Å². The van der Waals surface area contributed by atoms with E-state index >= 15 is 0 Å². The molecule has 0 aliphatic heterocycles. The molecule has 0 unspecified atom stereocenters. The Morgan fingerprint density at radius 2 is 2.31 bits per heavy atom. The molecule has 0 aliphatic carbocycles. The molecule has 2 amide bonds. The van der Waals surface area contributed by atoms with Crippen LogP contribution in [0.1, 0.15) is 11.4 Å². The Balaban J connectivity index is 2.16. The summed E-state index contributed by atoms with van der Waals surface area (Å²) in [4.78, 5) is 18.5. The van der Waals surface area contributed by atoms with Crippen LogP contribution in [-0.2, 0) is 6.54 Å². The molecule has 0 spiro atoms. The normalized spacial score (nSPS) is 10.4. The van der Waals surface area contributed by atoms with Crippen molar-refractivity contribution in [2.24, 2.45) is 0 Å². The Morgan fingerprint density at radius 1 is 1.50 bits per heavy atom. The standard InChI is InChI=1S/C11H14N4O/c1-7-14-9-4-3-8(5-10(9)15-7)6-13-11(16)12-2/h3-5H,6H2,1-2H3,(H,14,15)(H2,12,13,16). The van der Waals surface area contributed by atoms with Gasteiger partial charge in [-0.1, -0.05) is 6.07 Å². The molecule has 5 heteroatoms. The Morgan fingerprint density at radius 3 is 3.06 bits per heavy atom. The first-order valence-electron chi connectivity index (χ1n) is 5.10. The quantitative estimate of drug-likeness (QED) is 0.711. The van der Waals surface area contributed by atoms with Gasteiger partial charge in [0.25, 0.3) is 0 Å². The lowest BCUT2D eigenvalue weighted by Gasteiger charge is -2.03. The molecule has 1 aromatic heterocycles. The fourth-order valence-electron chi connectivity index (χ4n) is 1.57. The lowest BCUT2D eigenvalue weighted by Crippen LogP contribution is -2.32. The highest BCUT2D eigenvalue weighted by Crippen LogP contribution is 2.13. The van der Waals surface area contributed by atoms with Crippen LogP contribution in [0.2, 0.25) is 0 Å². The molecule has 2 aromatic rings. The van der Waals surface area contributed by atoms with Gasteiger partial charge in [-0.05, 0) is 24.6 Å². The van der Waals surface area contributed by atoms with E-state index in [1.807, 2.05) is 25.1 Å². The van der Waals surface area contributed by atoms with E-state index in [0.29, 0.717) is 6.54 Å². The van der Waals surface area contributed by atoms with E-state index in [-0.39, 0.29) is 6.03 Å². The van der Waals surface area contributed by atoms with E-state index in [4.69, 9.17) is 0 Å². The van der Waals surface area contributed by atoms with E-state index < -0.39 is 0 Å². The van der Waals surface area contributed by atoms with Crippen LogP contribution in [0.3, 0.4) is 0 Å². The highest BCUT2D eigenvalue weighted by atomic mass is 16.2. The van der Waals surface area contributed by atoms with Crippen LogP contribution >= 0.6 is 0 Å². The van der Waals surface area contributed by atoms with Crippen molar-refractivity contribution in [3.8, 4) is 0 Å². The van der Waals surface area contributed by atoms with Gasteiger partial charge in [0.2, 0.25) is 0 Å². The van der Waals surface area contributed by atoms with Crippen LogP contribution in [0.25, 0.3) is 11.0 Å². The molecule has 0 saturated heterocycles. The second-order valence-corrected chi connectivity index (χ2v) is 3.61. The van der Waals surface area contributed by atoms with Gasteiger partial charge in [-0.15, -0.1) is 0 Å². The van der Waals surface area contributed by atoms with Gasteiger partial charge in [-0.2, -0.15) is 0 Å². The van der Waals surface area contributed by atoms with Crippen molar-refractivity contribution in [3.05, 3.63) is 29.6 Å². The van der Waals surface area contributed by atoms with Gasteiger partial charge < -0.3 is 15.6 Å². The minimum Gasteiger partial charge on any atom is -0.342 e. The van der Waals surface area contributed by atoms with Crippen molar-refractivity contribution < 1.29 is 4.79 Å². The van der Waals surface area contributed by atoms with Gasteiger partial charge in [-0.3, -0.25) is 0 Å². The smallest absolute Gasteiger partial charge is 0.314 e. The third-order valence-electron chi connectivity index (χ3n) is 2.34. The van der Waals surface area contributed by atoms with E-state index in [1.54, 1.807) is 7.05 Å². The number of carbonyl (C=O) groups is 1. The summed E-state index contributed by atoms with van der Waals surface area (Å²) >= 11 is 0. The first-order valence-corrected chi connectivity index (χ1v) is 5.10. The number of aromatic amines is 1. The second-order valence-electron chi connectivity index (χ2n) is 3.61. The second kappa shape index (κ2) is 4.22. The van der Waals surface area contributed by atoms with Crippen molar-refractivity contribution in [2.45, 2.75) is 13.5 Å². The topological polar surface area (TPSA) is 69.8 Å². The van der Waals surface area contributed by atoms with Crippen LogP contribution in [-0.4, -0.2) is 23.0 Å². The number of imidazole rings is 1. The number of fused-ring (bicyclic) bond motifs is 1. The van der Waals surface area contributed by atoms with E-state index in [9.17, 15) is 4.79 Å². The predicted molar refractivity (Wildman–Crippen MR) is 62.1 cm³/mol. The lowest BCUT2D eigenvalue weighted by atomic mass is 10.2. The fraction of sp³-hybridized carbons (Fsp3) is 0.273. The molecule has 16 heavy (non-hydrogen) atoms. The number of hydrogen-bond donors (Lipinski definition) is 3. The summed E-state index contributed by atoms with van der Waals surface area (Å²) < 4.78 is 0. The number of hydrogen-bond acceptors (Lipinski definition) is 2. The number of rotatable bonds is 2. The number of aromatic nitrogens is 2. The molecule has 0 radical (unpaired) electrons. The van der Waals surface area contributed by atoms with Gasteiger partial charge in [0.05, 0.1) is 11.0 Å². The number of benzene rings is 1. The largest absolute Gasteiger partial charge is 0.342 e. The van der Waals surface area contributed by atoms with Crippen LogP contribution in [0.4, 0.5) is 4.79 Å². The van der Waals surface area contributed by atoms with Crippen LogP contribution in [0.15, 0.2) is 18.2 Å². The van der Waals surface area contributed by atoms with Crippen molar-refractivity contribution in [1.82, 2.24) is 20.6 Å². The molecule has 0 bridgehead atoms. The molecule has 0 fully saturated rings. The molecule has 84 valence electrons. The zero-order valence-corrected chi connectivity index (χ0v) is 9.29. The first kappa shape index (κ1) is 10.5. The Labute approximate surface area is 93.3 Å². The van der Waals surface area contributed by atoms with Crippen LogP contribution < -0.4 is 10.6 Å². The van der Waals surface area contributed by atoms with E-state index in [2.05, 4.69) is 20.6 Å². The number of nitrogens with one attached hydrogen (secondary N) is 3. The molecule has 1 heterocycles. The number of amides is 2. The van der Waals surface area contributed by atoms with Gasteiger partial charge in [0.1, 0.15) is 5.82 Å². The minimum atomic E-state index is -0.180. The molecule has 1 aromatic carbocycles. The van der Waals surface area contributed by atoms with E-state index in [1.165, 1.54) is 0 Å². The molecule has 0 aliphatic rings. The van der Waals surface area contributed by atoms with Gasteiger partial charge in [0, 0.05) is 13.6 Å². The first-order chi connectivity index (χ1) is 7.69. The van der Waals surface area contributed by atoms with Gasteiger partial charge in [0.15, 0.2) is 0 Å². The maximum absolute atomic E-state index is 11.0. The zero-order valence-electron chi connectivity index (χ0n) is 9.29. The zero-order chi connectivity index (χ0) is 11.5. The molecule has 5 nitrogen and oxygen atoms in total. The summed E-state index contributed by atoms with van der Waals surface area (Å²) in [5, 5.41) is 5.24. The molecular formula is C11H14N4O. The van der Waals surface area contributed by atoms with Crippen LogP contribution in [0, 0.1) is 6.92 Å². The minimum absolute atomic E-state index is 0.180. The highest BCUT2D eigenvalue weighted by Gasteiger charge is 2.01. The predicted octanol–water partition coefficient (Wildman–Crippen LogP) is 1.30. The number of H-pyrrole nitrogens is 1. The van der Waals surface area contributed by atoms with Crippen molar-refractivity contribution in [2.75, 3.05) is 7.05 Å². The van der Waals surface area contributed by atoms with Crippen LogP contribution in [0.5, 0.6) is 0 Å². The summed E-state index contributed by atoms with van der Waals surface area (Å²) in [5.41, 5.74) is 2.98. The van der Waals surface area contributed by atoms with Gasteiger partial charge in [-0.25, -0.2) is 9.78 Å².